The summed E-state index contributed by atoms with van der Waals surface area (Å²) in [6, 6.07) is 8.50. The number of carbonyl (C=O) groups excluding carboxylic acids is 1. The molecule has 3 aliphatic rings. The molecule has 3 aromatic rings. The van der Waals surface area contributed by atoms with Gasteiger partial charge in [0.25, 0.3) is 17.3 Å². The molecule has 1 aliphatic carbocycles. The fourth-order valence-corrected chi connectivity index (χ4v) is 7.51. The van der Waals surface area contributed by atoms with Gasteiger partial charge in [-0.1, -0.05) is 6.92 Å². The number of aromatic nitrogens is 2. The highest BCUT2D eigenvalue weighted by molar-refractivity contribution is 5.99. The summed E-state index contributed by atoms with van der Waals surface area (Å²) < 4.78 is 13.6. The van der Waals surface area contributed by atoms with Gasteiger partial charge >= 0.3 is 0 Å². The van der Waals surface area contributed by atoms with E-state index in [4.69, 9.17) is 14.5 Å². The number of H-pyrrole nitrogens is 1. The van der Waals surface area contributed by atoms with Crippen molar-refractivity contribution in [2.75, 3.05) is 51.7 Å². The van der Waals surface area contributed by atoms with Crippen LogP contribution in [0.1, 0.15) is 72.3 Å². The van der Waals surface area contributed by atoms with Crippen molar-refractivity contribution in [2.45, 2.75) is 78.7 Å². The first kappa shape index (κ1) is 33.0. The Morgan fingerprint density at radius 3 is 2.36 bits per heavy atom. The number of amides is 1. The summed E-state index contributed by atoms with van der Waals surface area (Å²) in [6.45, 7) is 15.0. The SMILES string of the molecule is CCN1CCN(c2ccc(-c3cc(C(=O)NCc4c(C)cc(C)[nH]c4=O)c(C)c4c3OC(C)(C3CCC(N(C)C)CC3)O4)cn2)CC1. The molecule has 0 bridgehead atoms. The summed E-state index contributed by atoms with van der Waals surface area (Å²) in [5, 5.41) is 3.00. The van der Waals surface area contributed by atoms with Gasteiger partial charge in [-0.25, -0.2) is 4.98 Å². The molecule has 10 heteroatoms. The standard InChI is InChI=1S/C37H50N6O4/c1-8-42-15-17-43(18-16-42)32-14-9-26(21-38-32)30-20-29(35(44)39-22-31-23(2)19-24(3)40-36(31)45)25(4)33-34(30)47-37(5,46-33)27-10-12-28(13-11-27)41(6)7/h9,14,19-21,27-28H,8,10-13,15-18,22H2,1-7H3,(H,39,44)(H,40,45). The second-order valence-electron chi connectivity index (χ2n) is 13.9. The predicted octanol–water partition coefficient (Wildman–Crippen LogP) is 5.04. The fraction of sp³-hybridized carbons (Fsp3) is 0.541. The molecule has 1 aromatic carbocycles. The van der Waals surface area contributed by atoms with Crippen molar-refractivity contribution in [1.82, 2.24) is 25.1 Å². The number of aromatic amines is 1. The van der Waals surface area contributed by atoms with E-state index in [1.54, 1.807) is 0 Å². The van der Waals surface area contributed by atoms with Crippen LogP contribution in [0.4, 0.5) is 5.82 Å². The van der Waals surface area contributed by atoms with Crippen molar-refractivity contribution in [3.05, 3.63) is 68.8 Å². The van der Waals surface area contributed by atoms with Crippen molar-refractivity contribution in [2.24, 2.45) is 5.92 Å². The number of rotatable bonds is 8. The molecule has 10 nitrogen and oxygen atoms in total. The number of hydrogen-bond acceptors (Lipinski definition) is 8. The molecule has 2 aliphatic heterocycles. The molecule has 47 heavy (non-hydrogen) atoms. The number of fused-ring (bicyclic) bond motifs is 1. The molecular weight excluding hydrogens is 592 g/mol. The zero-order chi connectivity index (χ0) is 33.5. The van der Waals surface area contributed by atoms with E-state index in [2.05, 4.69) is 58.2 Å². The molecule has 0 radical (unpaired) electrons. The zero-order valence-electron chi connectivity index (χ0n) is 29.0. The highest BCUT2D eigenvalue weighted by atomic mass is 16.7. The van der Waals surface area contributed by atoms with Crippen molar-refractivity contribution in [3.8, 4) is 22.6 Å². The Bertz CT molecular complexity index is 1670. The Kier molecular flexibility index (Phi) is 9.36. The van der Waals surface area contributed by atoms with E-state index in [-0.39, 0.29) is 23.9 Å². The molecule has 6 rings (SSSR count). The lowest BCUT2D eigenvalue weighted by Crippen LogP contribution is -2.46. The van der Waals surface area contributed by atoms with Gasteiger partial charge in [-0.15, -0.1) is 0 Å². The lowest BCUT2D eigenvalue weighted by Gasteiger charge is -2.39. The molecule has 1 unspecified atom stereocenters. The molecule has 2 N–H and O–H groups in total. The number of nitrogens with zero attached hydrogens (tertiary/aromatic N) is 4. The number of pyridine rings is 2. The summed E-state index contributed by atoms with van der Waals surface area (Å²) in [7, 11) is 4.29. The summed E-state index contributed by atoms with van der Waals surface area (Å²) in [4.78, 5) is 41.3. The van der Waals surface area contributed by atoms with Gasteiger partial charge in [-0.3, -0.25) is 9.59 Å². The number of ether oxygens (including phenoxy) is 2. The topological polar surface area (TPSA) is 103 Å². The van der Waals surface area contributed by atoms with Crippen molar-refractivity contribution >= 4 is 11.7 Å². The first-order valence-corrected chi connectivity index (χ1v) is 17.1. The average molecular weight is 643 g/mol. The lowest BCUT2D eigenvalue weighted by atomic mass is 9.81. The first-order chi connectivity index (χ1) is 22.5. The smallest absolute Gasteiger partial charge is 0.253 e. The van der Waals surface area contributed by atoms with Crippen LogP contribution >= 0.6 is 0 Å². The number of nitrogens with one attached hydrogen (secondary N) is 2. The monoisotopic (exact) mass is 642 g/mol. The maximum absolute atomic E-state index is 13.8. The molecule has 0 spiro atoms. The third-order valence-corrected chi connectivity index (χ3v) is 10.6. The Morgan fingerprint density at radius 1 is 1.04 bits per heavy atom. The Hall–Kier alpha value is -3.89. The summed E-state index contributed by atoms with van der Waals surface area (Å²) >= 11 is 0. The maximum Gasteiger partial charge on any atom is 0.253 e. The van der Waals surface area contributed by atoms with E-state index in [0.717, 1.165) is 92.2 Å². The van der Waals surface area contributed by atoms with Crippen LogP contribution in [0, 0.1) is 26.7 Å². The Morgan fingerprint density at radius 2 is 1.74 bits per heavy atom. The lowest BCUT2D eigenvalue weighted by molar-refractivity contribution is -0.123. The minimum absolute atomic E-state index is 0.123. The third kappa shape index (κ3) is 6.63. The minimum Gasteiger partial charge on any atom is -0.448 e. The fourth-order valence-electron chi connectivity index (χ4n) is 7.51. The number of hydrogen-bond donors (Lipinski definition) is 2. The molecule has 1 amide bonds. The molecule has 2 fully saturated rings. The number of carbonyl (C=O) groups is 1. The van der Waals surface area contributed by atoms with Crippen LogP contribution in [-0.4, -0.2) is 84.3 Å². The van der Waals surface area contributed by atoms with Gasteiger partial charge in [0.2, 0.25) is 0 Å². The highest BCUT2D eigenvalue weighted by Gasteiger charge is 2.47. The number of benzene rings is 1. The van der Waals surface area contributed by atoms with Gasteiger partial charge in [0, 0.05) is 91.3 Å². The predicted molar refractivity (Wildman–Crippen MR) is 186 cm³/mol. The molecule has 252 valence electrons. The van der Waals surface area contributed by atoms with E-state index in [0.29, 0.717) is 28.7 Å². The van der Waals surface area contributed by atoms with E-state index < -0.39 is 5.79 Å². The highest BCUT2D eigenvalue weighted by Crippen LogP contribution is 2.53. The largest absolute Gasteiger partial charge is 0.448 e. The normalized spacial score (nSPS) is 22.9. The van der Waals surface area contributed by atoms with Gasteiger partial charge in [0.15, 0.2) is 11.5 Å². The van der Waals surface area contributed by atoms with E-state index in [1.807, 2.05) is 46.0 Å². The average Bonchev–Trinajstić information content (AvgIpc) is 3.43. The molecule has 2 aromatic heterocycles. The molecular formula is C37H50N6O4. The second-order valence-corrected chi connectivity index (χ2v) is 13.9. The van der Waals surface area contributed by atoms with Crippen molar-refractivity contribution in [1.29, 1.82) is 0 Å². The van der Waals surface area contributed by atoms with Crippen molar-refractivity contribution < 1.29 is 14.3 Å². The van der Waals surface area contributed by atoms with Crippen molar-refractivity contribution in [3.63, 3.8) is 0 Å². The number of likely N-dealkylation sites (N-methyl/N-ethyl adjacent to an activating group) is 1. The van der Waals surface area contributed by atoms with Gasteiger partial charge in [-0.2, -0.15) is 0 Å². The Labute approximate surface area is 278 Å². The van der Waals surface area contributed by atoms with Crippen LogP contribution < -0.4 is 25.2 Å². The van der Waals surface area contributed by atoms with Gasteiger partial charge < -0.3 is 34.5 Å². The number of anilines is 1. The van der Waals surface area contributed by atoms with Crippen LogP contribution in [0.25, 0.3) is 11.1 Å². The molecule has 1 saturated carbocycles. The number of aryl methyl sites for hydroxylation is 2. The minimum atomic E-state index is -0.840. The van der Waals surface area contributed by atoms with E-state index in [9.17, 15) is 9.59 Å². The summed E-state index contributed by atoms with van der Waals surface area (Å²) in [6.07, 6.45) is 6.06. The quantitative estimate of drug-likeness (QED) is 0.353. The summed E-state index contributed by atoms with van der Waals surface area (Å²) in [5.74, 6) is 1.32. The zero-order valence-corrected chi connectivity index (χ0v) is 29.0. The van der Waals surface area contributed by atoms with Gasteiger partial charge in [0.05, 0.1) is 0 Å². The van der Waals surface area contributed by atoms with Crippen LogP contribution in [0.3, 0.4) is 0 Å². The van der Waals surface area contributed by atoms with Gasteiger partial charge in [0.1, 0.15) is 5.82 Å². The van der Waals surface area contributed by atoms with E-state index >= 15 is 0 Å². The van der Waals surface area contributed by atoms with Crippen LogP contribution in [-0.2, 0) is 6.54 Å². The summed E-state index contributed by atoms with van der Waals surface area (Å²) in [5.41, 5.74) is 4.85. The van der Waals surface area contributed by atoms with Crippen LogP contribution in [0.2, 0.25) is 0 Å². The van der Waals surface area contributed by atoms with Crippen LogP contribution in [0.15, 0.2) is 35.3 Å². The Balaban J connectivity index is 1.32. The molecule has 4 heterocycles. The number of piperazine rings is 1. The second kappa shape index (κ2) is 13.3. The third-order valence-electron chi connectivity index (χ3n) is 10.6. The molecule has 1 atom stereocenters. The maximum atomic E-state index is 13.8. The first-order valence-electron chi connectivity index (χ1n) is 17.1. The van der Waals surface area contributed by atoms with Gasteiger partial charge in [-0.05, 0) is 96.9 Å². The van der Waals surface area contributed by atoms with E-state index in [1.165, 1.54) is 0 Å². The van der Waals surface area contributed by atoms with Crippen LogP contribution in [0.5, 0.6) is 11.5 Å². The molecule has 1 saturated heterocycles.